The molecule has 1 unspecified atom stereocenters. The number of benzene rings is 2. The standard InChI is InChI=1S/C21H20BrFN6O6/c1-11(9-25-21(31)32)20(30)24-4-5-35-18-8-16-13(7-17(18)29(33)34)19(27-10-26-16)28-15-3-2-12(22)6-14(15)23/h2-3,6-8,10-11,25H,4-5,9H2,1H3,(H,24,30)(H,31,32)(H,26,27,28). The van der Waals surface area contributed by atoms with Crippen LogP contribution >= 0.6 is 15.9 Å². The van der Waals surface area contributed by atoms with Crippen LogP contribution in [0.25, 0.3) is 10.9 Å². The number of carbonyl (C=O) groups excluding carboxylic acids is 1. The number of rotatable bonds is 10. The van der Waals surface area contributed by atoms with Crippen LogP contribution in [0.15, 0.2) is 41.1 Å². The number of hydrogen-bond acceptors (Lipinski definition) is 8. The summed E-state index contributed by atoms with van der Waals surface area (Å²) in [5, 5.41) is 28.0. The number of anilines is 2. The van der Waals surface area contributed by atoms with E-state index in [1.165, 1.54) is 30.6 Å². The second-order valence-corrected chi connectivity index (χ2v) is 8.21. The lowest BCUT2D eigenvalue weighted by Gasteiger charge is -2.13. The van der Waals surface area contributed by atoms with Gasteiger partial charge in [-0.2, -0.15) is 0 Å². The van der Waals surface area contributed by atoms with Gasteiger partial charge in [0, 0.05) is 23.2 Å². The van der Waals surface area contributed by atoms with Gasteiger partial charge in [0.2, 0.25) is 5.91 Å². The zero-order valence-corrected chi connectivity index (χ0v) is 19.8. The molecule has 0 saturated carbocycles. The van der Waals surface area contributed by atoms with Crippen molar-refractivity contribution in [3.63, 3.8) is 0 Å². The number of nitrogens with zero attached hydrogens (tertiary/aromatic N) is 3. The maximum absolute atomic E-state index is 14.2. The highest BCUT2D eigenvalue weighted by Gasteiger charge is 2.20. The van der Waals surface area contributed by atoms with Gasteiger partial charge in [-0.25, -0.2) is 19.2 Å². The Hall–Kier alpha value is -4.07. The minimum atomic E-state index is -1.24. The highest BCUT2D eigenvalue weighted by molar-refractivity contribution is 9.10. The molecule has 2 amide bonds. The zero-order valence-electron chi connectivity index (χ0n) is 18.2. The lowest BCUT2D eigenvalue weighted by atomic mass is 10.1. The molecule has 0 radical (unpaired) electrons. The lowest BCUT2D eigenvalue weighted by Crippen LogP contribution is -2.38. The van der Waals surface area contributed by atoms with E-state index in [4.69, 9.17) is 9.84 Å². The highest BCUT2D eigenvalue weighted by Crippen LogP contribution is 2.35. The highest BCUT2D eigenvalue weighted by atomic mass is 79.9. The second kappa shape index (κ2) is 11.4. The summed E-state index contributed by atoms with van der Waals surface area (Å²) < 4.78 is 20.3. The van der Waals surface area contributed by atoms with E-state index in [1.54, 1.807) is 13.0 Å². The van der Waals surface area contributed by atoms with E-state index in [2.05, 4.69) is 41.8 Å². The van der Waals surface area contributed by atoms with Gasteiger partial charge in [0.15, 0.2) is 5.75 Å². The summed E-state index contributed by atoms with van der Waals surface area (Å²) in [7, 11) is 0. The van der Waals surface area contributed by atoms with Crippen molar-refractivity contribution in [1.82, 2.24) is 20.6 Å². The number of carboxylic acid groups (broad SMARTS) is 1. The van der Waals surface area contributed by atoms with Crippen LogP contribution in [0.1, 0.15) is 6.92 Å². The Kier molecular flexibility index (Phi) is 8.30. The summed E-state index contributed by atoms with van der Waals surface area (Å²) in [6.07, 6.45) is -0.00942. The average Bonchev–Trinajstić information content (AvgIpc) is 2.81. The predicted molar refractivity (Wildman–Crippen MR) is 127 cm³/mol. The zero-order chi connectivity index (χ0) is 25.5. The number of carbonyl (C=O) groups is 2. The molecule has 12 nitrogen and oxygen atoms in total. The summed E-state index contributed by atoms with van der Waals surface area (Å²) in [6, 6.07) is 6.97. The minimum absolute atomic E-state index is 0.0326. The fourth-order valence-electron chi connectivity index (χ4n) is 2.99. The molecule has 2 aromatic carbocycles. The van der Waals surface area contributed by atoms with E-state index in [-0.39, 0.29) is 48.0 Å². The van der Waals surface area contributed by atoms with Gasteiger partial charge < -0.3 is 25.8 Å². The van der Waals surface area contributed by atoms with E-state index < -0.39 is 28.7 Å². The molecular formula is C21H20BrFN6O6. The van der Waals surface area contributed by atoms with Gasteiger partial charge in [-0.15, -0.1) is 0 Å². The molecule has 184 valence electrons. The molecule has 0 aliphatic rings. The second-order valence-electron chi connectivity index (χ2n) is 7.29. The molecule has 0 spiro atoms. The molecule has 0 fully saturated rings. The molecule has 0 bridgehead atoms. The first kappa shape index (κ1) is 25.6. The van der Waals surface area contributed by atoms with Gasteiger partial charge in [0.05, 0.1) is 34.0 Å². The lowest BCUT2D eigenvalue weighted by molar-refractivity contribution is -0.385. The maximum atomic E-state index is 14.2. The van der Waals surface area contributed by atoms with Crippen molar-refractivity contribution in [2.24, 2.45) is 5.92 Å². The molecule has 3 aromatic rings. The van der Waals surface area contributed by atoms with Crippen LogP contribution in [-0.2, 0) is 4.79 Å². The number of nitrogens with one attached hydrogen (secondary N) is 3. The van der Waals surface area contributed by atoms with Crippen LogP contribution in [0.2, 0.25) is 0 Å². The van der Waals surface area contributed by atoms with Crippen molar-refractivity contribution >= 4 is 56.0 Å². The van der Waals surface area contributed by atoms with E-state index in [9.17, 15) is 24.1 Å². The Morgan fingerprint density at radius 3 is 2.71 bits per heavy atom. The van der Waals surface area contributed by atoms with Crippen LogP contribution in [-0.4, -0.2) is 51.7 Å². The summed E-state index contributed by atoms with van der Waals surface area (Å²) >= 11 is 3.18. The van der Waals surface area contributed by atoms with Crippen LogP contribution in [0.4, 0.5) is 26.4 Å². The predicted octanol–water partition coefficient (Wildman–Crippen LogP) is 3.58. The van der Waals surface area contributed by atoms with E-state index in [0.29, 0.717) is 9.99 Å². The smallest absolute Gasteiger partial charge is 0.404 e. The van der Waals surface area contributed by atoms with Gasteiger partial charge in [-0.1, -0.05) is 22.9 Å². The fourth-order valence-corrected chi connectivity index (χ4v) is 3.32. The fraction of sp³-hybridized carbons (Fsp3) is 0.238. The molecule has 3 rings (SSSR count). The van der Waals surface area contributed by atoms with Crippen LogP contribution in [0.5, 0.6) is 5.75 Å². The van der Waals surface area contributed by atoms with Crippen molar-refractivity contribution < 1.29 is 28.7 Å². The van der Waals surface area contributed by atoms with Crippen LogP contribution < -0.4 is 20.7 Å². The molecule has 1 heterocycles. The SMILES string of the molecule is CC(CNC(=O)O)C(=O)NCCOc1cc2ncnc(Nc3ccc(Br)cc3F)c2cc1[N+](=O)[O-]. The van der Waals surface area contributed by atoms with E-state index >= 15 is 0 Å². The summed E-state index contributed by atoms with van der Waals surface area (Å²) in [5.74, 6) is -1.46. The number of fused-ring (bicyclic) bond motifs is 1. The molecule has 35 heavy (non-hydrogen) atoms. The average molecular weight is 551 g/mol. The molecule has 0 aliphatic heterocycles. The number of halogens is 2. The third-order valence-electron chi connectivity index (χ3n) is 4.76. The Balaban J connectivity index is 1.74. The number of amides is 2. The first-order valence-corrected chi connectivity index (χ1v) is 11.0. The Morgan fingerprint density at radius 1 is 1.26 bits per heavy atom. The molecule has 4 N–H and O–H groups in total. The molecular weight excluding hydrogens is 531 g/mol. The Bertz CT molecular complexity index is 1280. The van der Waals surface area contributed by atoms with Crippen molar-refractivity contribution in [2.45, 2.75) is 6.92 Å². The molecule has 0 aliphatic carbocycles. The normalized spacial score (nSPS) is 11.5. The number of hydrogen-bond donors (Lipinski definition) is 4. The van der Waals surface area contributed by atoms with Crippen molar-refractivity contribution in [3.05, 3.63) is 57.1 Å². The number of nitro benzene ring substituents is 1. The molecule has 0 saturated heterocycles. The van der Waals surface area contributed by atoms with Crippen LogP contribution in [0, 0.1) is 21.8 Å². The van der Waals surface area contributed by atoms with Crippen molar-refractivity contribution in [3.8, 4) is 5.75 Å². The van der Waals surface area contributed by atoms with Crippen LogP contribution in [0.3, 0.4) is 0 Å². The van der Waals surface area contributed by atoms with E-state index in [0.717, 1.165) is 0 Å². The Morgan fingerprint density at radius 2 is 2.03 bits per heavy atom. The number of aromatic nitrogens is 2. The Labute approximate surface area is 206 Å². The number of nitro groups is 1. The van der Waals surface area contributed by atoms with E-state index in [1.807, 2.05) is 0 Å². The van der Waals surface area contributed by atoms with Gasteiger partial charge in [-0.3, -0.25) is 14.9 Å². The summed E-state index contributed by atoms with van der Waals surface area (Å²) in [4.78, 5) is 41.7. The van der Waals surface area contributed by atoms with Crippen molar-refractivity contribution in [1.29, 1.82) is 0 Å². The summed E-state index contributed by atoms with van der Waals surface area (Å²) in [6.45, 7) is 1.44. The number of ether oxygens (including phenoxy) is 1. The third-order valence-corrected chi connectivity index (χ3v) is 5.26. The first-order valence-electron chi connectivity index (χ1n) is 10.2. The topological polar surface area (TPSA) is 169 Å². The molecule has 1 atom stereocenters. The maximum Gasteiger partial charge on any atom is 0.404 e. The largest absolute Gasteiger partial charge is 0.485 e. The van der Waals surface area contributed by atoms with Gasteiger partial charge >= 0.3 is 11.8 Å². The van der Waals surface area contributed by atoms with Gasteiger partial charge in [0.1, 0.15) is 24.6 Å². The minimum Gasteiger partial charge on any atom is -0.485 e. The first-order chi connectivity index (χ1) is 16.7. The quantitative estimate of drug-likeness (QED) is 0.167. The molecule has 1 aromatic heterocycles. The summed E-state index contributed by atoms with van der Waals surface area (Å²) in [5.41, 5.74) is 0.0784. The third kappa shape index (κ3) is 6.72. The van der Waals surface area contributed by atoms with Gasteiger partial charge in [0.25, 0.3) is 0 Å². The monoisotopic (exact) mass is 550 g/mol. The van der Waals surface area contributed by atoms with Crippen molar-refractivity contribution in [2.75, 3.05) is 25.0 Å². The van der Waals surface area contributed by atoms with Gasteiger partial charge in [-0.05, 0) is 18.2 Å². The molecule has 14 heteroatoms.